The Bertz CT molecular complexity index is 681. The van der Waals surface area contributed by atoms with Crippen molar-refractivity contribution in [1.82, 2.24) is 20.0 Å². The van der Waals surface area contributed by atoms with Crippen molar-refractivity contribution in [2.75, 3.05) is 31.1 Å². The first-order valence-electron chi connectivity index (χ1n) is 8.68. The van der Waals surface area contributed by atoms with E-state index < -0.39 is 9.84 Å². The number of sulfone groups is 1. The van der Waals surface area contributed by atoms with Crippen LogP contribution in [0.5, 0.6) is 0 Å². The topological polar surface area (TPSA) is 84.3 Å². The van der Waals surface area contributed by atoms with E-state index >= 15 is 0 Å². The molecule has 0 radical (unpaired) electrons. The molecule has 1 atom stereocenters. The van der Waals surface area contributed by atoms with Gasteiger partial charge in [-0.1, -0.05) is 6.92 Å². The Hall–Kier alpha value is -1.41. The third-order valence-electron chi connectivity index (χ3n) is 4.82. The van der Waals surface area contributed by atoms with E-state index in [-0.39, 0.29) is 23.5 Å². The molecule has 1 aromatic rings. The predicted molar refractivity (Wildman–Crippen MR) is 91.2 cm³/mol. The largest absolute Gasteiger partial charge is 0.356 e. The van der Waals surface area contributed by atoms with E-state index in [1.165, 1.54) is 12.8 Å². The molecule has 0 bridgehead atoms. The molecule has 7 nitrogen and oxygen atoms in total. The van der Waals surface area contributed by atoms with Gasteiger partial charge in [0.05, 0.1) is 23.9 Å². The van der Waals surface area contributed by atoms with Crippen molar-refractivity contribution in [2.45, 2.75) is 38.8 Å². The lowest BCUT2D eigenvalue weighted by atomic mass is 10.1. The van der Waals surface area contributed by atoms with Gasteiger partial charge >= 0.3 is 0 Å². The van der Waals surface area contributed by atoms with Crippen molar-refractivity contribution < 1.29 is 13.2 Å². The summed E-state index contributed by atoms with van der Waals surface area (Å²) in [5.74, 6) is 1.05. The molecule has 1 aliphatic heterocycles. The van der Waals surface area contributed by atoms with Crippen LogP contribution in [0, 0.1) is 5.92 Å². The molecule has 2 heterocycles. The number of nitrogens with zero attached hydrogens (tertiary/aromatic N) is 3. The highest BCUT2D eigenvalue weighted by Crippen LogP contribution is 2.28. The van der Waals surface area contributed by atoms with Crippen LogP contribution in [0.2, 0.25) is 0 Å². The van der Waals surface area contributed by atoms with Gasteiger partial charge in [-0.3, -0.25) is 14.4 Å². The molecule has 1 saturated carbocycles. The Kier molecular flexibility index (Phi) is 5.24. The molecule has 0 spiro atoms. The van der Waals surface area contributed by atoms with Crippen LogP contribution in [0.15, 0.2) is 12.3 Å². The first-order chi connectivity index (χ1) is 11.5. The third kappa shape index (κ3) is 4.57. The molecule has 24 heavy (non-hydrogen) atoms. The number of aromatic nitrogens is 2. The second-order valence-corrected chi connectivity index (χ2v) is 9.32. The first-order valence-corrected chi connectivity index (χ1v) is 10.5. The molecule has 8 heteroatoms. The minimum absolute atomic E-state index is 0.0349. The lowest BCUT2D eigenvalue weighted by Gasteiger charge is -2.33. The average Bonchev–Trinajstić information content (AvgIpc) is 3.27. The normalized spacial score (nSPS) is 21.5. The van der Waals surface area contributed by atoms with Crippen LogP contribution >= 0.6 is 0 Å². The van der Waals surface area contributed by atoms with Gasteiger partial charge in [-0.2, -0.15) is 5.10 Å². The van der Waals surface area contributed by atoms with E-state index in [1.54, 1.807) is 13.1 Å². The highest BCUT2D eigenvalue weighted by Gasteiger charge is 2.28. The lowest BCUT2D eigenvalue weighted by molar-refractivity contribution is -0.122. The highest BCUT2D eigenvalue weighted by atomic mass is 32.2. The standard InChI is InChI=1S/C16H26N4O3S/c1-2-24(22,23)8-7-19-11-14-5-6-18-20(14)15(12-19)9-16(21)17-10-13-3-4-13/h5-6,13,15H,2-4,7-12H2,1H3,(H,17,21)/t15-/m1/s1. The van der Waals surface area contributed by atoms with E-state index in [4.69, 9.17) is 0 Å². The van der Waals surface area contributed by atoms with Crippen LogP contribution in [0.25, 0.3) is 0 Å². The number of carbonyl (C=O) groups is 1. The number of carbonyl (C=O) groups excluding carboxylic acids is 1. The monoisotopic (exact) mass is 354 g/mol. The molecule has 0 aromatic carbocycles. The minimum Gasteiger partial charge on any atom is -0.356 e. The molecule has 1 N–H and O–H groups in total. The Labute approximate surface area is 143 Å². The summed E-state index contributed by atoms with van der Waals surface area (Å²) in [7, 11) is -2.98. The quantitative estimate of drug-likeness (QED) is 0.739. The molecular formula is C16H26N4O3S. The molecule has 3 rings (SSSR count). The van der Waals surface area contributed by atoms with Gasteiger partial charge in [0, 0.05) is 38.1 Å². The van der Waals surface area contributed by atoms with E-state index in [2.05, 4.69) is 15.3 Å². The van der Waals surface area contributed by atoms with Gasteiger partial charge in [0.2, 0.25) is 5.91 Å². The molecule has 1 amide bonds. The maximum Gasteiger partial charge on any atom is 0.222 e. The van der Waals surface area contributed by atoms with Crippen LogP contribution in [-0.4, -0.2) is 60.1 Å². The zero-order valence-corrected chi connectivity index (χ0v) is 15.0. The van der Waals surface area contributed by atoms with Crippen molar-refractivity contribution >= 4 is 15.7 Å². The first kappa shape index (κ1) is 17.4. The summed E-state index contributed by atoms with van der Waals surface area (Å²) in [6, 6.07) is 1.91. The number of hydrogen-bond donors (Lipinski definition) is 1. The Morgan fingerprint density at radius 3 is 2.92 bits per heavy atom. The van der Waals surface area contributed by atoms with E-state index in [0.717, 1.165) is 12.2 Å². The fraction of sp³-hybridized carbons (Fsp3) is 0.750. The Morgan fingerprint density at radius 2 is 2.21 bits per heavy atom. The maximum absolute atomic E-state index is 12.2. The molecule has 1 aliphatic carbocycles. The maximum atomic E-state index is 12.2. The van der Waals surface area contributed by atoms with Crippen LogP contribution in [0.1, 0.15) is 37.9 Å². The van der Waals surface area contributed by atoms with Crippen molar-refractivity contribution in [3.63, 3.8) is 0 Å². The Morgan fingerprint density at radius 1 is 1.42 bits per heavy atom. The SMILES string of the molecule is CCS(=O)(=O)CCN1Cc2ccnn2[C@H](CC(=O)NCC2CC2)C1. The summed E-state index contributed by atoms with van der Waals surface area (Å²) < 4.78 is 25.4. The van der Waals surface area contributed by atoms with Crippen molar-refractivity contribution in [3.8, 4) is 0 Å². The molecule has 0 saturated heterocycles. The molecule has 0 unspecified atom stereocenters. The summed E-state index contributed by atoms with van der Waals surface area (Å²) in [6.07, 6.45) is 4.56. The molecule has 1 aromatic heterocycles. The molecule has 1 fully saturated rings. The van der Waals surface area contributed by atoms with Crippen molar-refractivity contribution in [3.05, 3.63) is 18.0 Å². The third-order valence-corrected chi connectivity index (χ3v) is 6.50. The number of nitrogens with one attached hydrogen (secondary N) is 1. The summed E-state index contributed by atoms with van der Waals surface area (Å²) in [6.45, 7) is 4.29. The molecule has 134 valence electrons. The van der Waals surface area contributed by atoms with Gasteiger partial charge in [-0.15, -0.1) is 0 Å². The van der Waals surface area contributed by atoms with Crippen LogP contribution in [0.4, 0.5) is 0 Å². The van der Waals surface area contributed by atoms with Gasteiger partial charge in [0.15, 0.2) is 9.84 Å². The van der Waals surface area contributed by atoms with Crippen LogP contribution in [0.3, 0.4) is 0 Å². The van der Waals surface area contributed by atoms with Crippen LogP contribution in [-0.2, 0) is 21.2 Å². The number of fused-ring (bicyclic) bond motifs is 1. The smallest absolute Gasteiger partial charge is 0.222 e. The summed E-state index contributed by atoms with van der Waals surface area (Å²) in [5.41, 5.74) is 1.04. The van der Waals surface area contributed by atoms with Gasteiger partial charge in [-0.05, 0) is 24.8 Å². The van der Waals surface area contributed by atoms with Crippen molar-refractivity contribution in [1.29, 1.82) is 0 Å². The van der Waals surface area contributed by atoms with Gasteiger partial charge in [0.25, 0.3) is 0 Å². The zero-order chi connectivity index (χ0) is 17.2. The highest BCUT2D eigenvalue weighted by molar-refractivity contribution is 7.91. The van der Waals surface area contributed by atoms with Crippen molar-refractivity contribution in [2.24, 2.45) is 5.92 Å². The van der Waals surface area contributed by atoms with Crippen LogP contribution < -0.4 is 5.32 Å². The van der Waals surface area contributed by atoms with Gasteiger partial charge in [0.1, 0.15) is 0 Å². The van der Waals surface area contributed by atoms with E-state index in [0.29, 0.717) is 32.0 Å². The second-order valence-electron chi connectivity index (χ2n) is 6.84. The lowest BCUT2D eigenvalue weighted by Crippen LogP contribution is -2.42. The summed E-state index contributed by atoms with van der Waals surface area (Å²) in [5, 5.41) is 7.35. The predicted octanol–water partition coefficient (Wildman–Crippen LogP) is 0.591. The summed E-state index contributed by atoms with van der Waals surface area (Å²) in [4.78, 5) is 14.3. The molecular weight excluding hydrogens is 328 g/mol. The zero-order valence-electron chi connectivity index (χ0n) is 14.1. The molecule has 2 aliphatic rings. The minimum atomic E-state index is -2.98. The van der Waals surface area contributed by atoms with Gasteiger partial charge < -0.3 is 5.32 Å². The number of amides is 1. The van der Waals surface area contributed by atoms with E-state index in [9.17, 15) is 13.2 Å². The number of hydrogen-bond acceptors (Lipinski definition) is 5. The Balaban J connectivity index is 1.59. The summed E-state index contributed by atoms with van der Waals surface area (Å²) >= 11 is 0. The second kappa shape index (κ2) is 7.23. The van der Waals surface area contributed by atoms with Gasteiger partial charge in [-0.25, -0.2) is 8.42 Å². The van der Waals surface area contributed by atoms with E-state index in [1.807, 2.05) is 10.7 Å². The fourth-order valence-electron chi connectivity index (χ4n) is 3.06. The number of rotatable bonds is 8. The average molecular weight is 354 g/mol. The fourth-order valence-corrected chi connectivity index (χ4v) is 3.89.